The second-order valence-electron chi connectivity index (χ2n) is 7.15. The molecule has 1 saturated carbocycles. The van der Waals surface area contributed by atoms with Gasteiger partial charge in [0.1, 0.15) is 5.78 Å². The minimum absolute atomic E-state index is 0.338. The summed E-state index contributed by atoms with van der Waals surface area (Å²) in [6.45, 7) is 3.16. The Hall–Kier alpha value is -1.44. The quantitative estimate of drug-likeness (QED) is 0.477. The number of nitrogens with zero attached hydrogens (tertiary/aromatic N) is 1. The summed E-state index contributed by atoms with van der Waals surface area (Å²) >= 11 is 0. The van der Waals surface area contributed by atoms with Crippen molar-refractivity contribution in [2.24, 2.45) is 4.99 Å². The van der Waals surface area contributed by atoms with Crippen LogP contribution in [-0.4, -0.2) is 18.0 Å². The van der Waals surface area contributed by atoms with Gasteiger partial charge in [0.2, 0.25) is 0 Å². The van der Waals surface area contributed by atoms with E-state index in [1.54, 1.807) is 0 Å². The predicted molar refractivity (Wildman–Crippen MR) is 103 cm³/mol. The molecule has 1 aliphatic rings. The summed E-state index contributed by atoms with van der Waals surface area (Å²) in [6, 6.07) is 10.4. The fraction of sp³-hybridized carbons (Fsp3) is 0.636. The van der Waals surface area contributed by atoms with Gasteiger partial charge in [0.15, 0.2) is 0 Å². The number of benzene rings is 1. The lowest BCUT2D eigenvalue weighted by Gasteiger charge is -2.23. The number of carbonyl (C=O) groups is 1. The zero-order valence-corrected chi connectivity index (χ0v) is 15.3. The summed E-state index contributed by atoms with van der Waals surface area (Å²) in [5.74, 6) is 0.689. The van der Waals surface area contributed by atoms with Crippen LogP contribution in [0.2, 0.25) is 0 Å². The van der Waals surface area contributed by atoms with Crippen LogP contribution < -0.4 is 0 Å². The zero-order chi connectivity index (χ0) is 17.0. The third-order valence-electron chi connectivity index (χ3n) is 4.98. The lowest BCUT2D eigenvalue weighted by molar-refractivity contribution is -0.118. The molecule has 0 N–H and O–H groups in total. The molecule has 0 saturated heterocycles. The van der Waals surface area contributed by atoms with Crippen molar-refractivity contribution in [3.8, 4) is 0 Å². The third-order valence-corrected chi connectivity index (χ3v) is 4.98. The number of unbranched alkanes of at least 4 members (excludes halogenated alkanes) is 7. The highest BCUT2D eigenvalue weighted by atomic mass is 16.1. The van der Waals surface area contributed by atoms with Crippen molar-refractivity contribution in [2.45, 2.75) is 83.5 Å². The fourth-order valence-electron chi connectivity index (χ4n) is 3.57. The Kier molecular flexibility index (Phi) is 8.80. The third kappa shape index (κ3) is 6.98. The molecule has 1 aromatic rings. The maximum atomic E-state index is 12.0. The highest BCUT2D eigenvalue weighted by molar-refractivity contribution is 6.05. The van der Waals surface area contributed by atoms with Crippen LogP contribution in [0.3, 0.4) is 0 Å². The molecule has 2 nitrogen and oxygen atoms in total. The van der Waals surface area contributed by atoms with Crippen LogP contribution in [0.15, 0.2) is 35.3 Å². The Morgan fingerprint density at radius 2 is 1.58 bits per heavy atom. The molecular formula is C22H33NO. The van der Waals surface area contributed by atoms with Crippen molar-refractivity contribution >= 4 is 11.5 Å². The number of Topliss-reactive ketones (excluding diaryl/α,β-unsaturated/α-hetero) is 1. The zero-order valence-electron chi connectivity index (χ0n) is 15.3. The van der Waals surface area contributed by atoms with Crippen LogP contribution in [-0.2, 0) is 4.79 Å². The Morgan fingerprint density at radius 1 is 0.917 bits per heavy atom. The highest BCUT2D eigenvalue weighted by Gasteiger charge is 2.24. The molecule has 1 atom stereocenters. The summed E-state index contributed by atoms with van der Waals surface area (Å²) in [5.41, 5.74) is 2.41. The van der Waals surface area contributed by atoms with Gasteiger partial charge in [-0.05, 0) is 24.3 Å². The highest BCUT2D eigenvalue weighted by Crippen LogP contribution is 2.29. The molecule has 1 fully saturated rings. The average molecular weight is 328 g/mol. The Labute approximate surface area is 147 Å². The van der Waals surface area contributed by atoms with E-state index in [0.29, 0.717) is 24.5 Å². The lowest BCUT2D eigenvalue weighted by atomic mass is 9.82. The Balaban J connectivity index is 1.67. The SMILES string of the molecule is CCCCCCCCCC/N=C1\CC(=O)CC(c2ccccc2)C1. The van der Waals surface area contributed by atoms with E-state index in [1.165, 1.54) is 56.9 Å². The van der Waals surface area contributed by atoms with Crippen molar-refractivity contribution in [3.05, 3.63) is 35.9 Å². The van der Waals surface area contributed by atoms with E-state index in [1.807, 2.05) is 6.07 Å². The minimum atomic E-state index is 0.338. The van der Waals surface area contributed by atoms with E-state index in [-0.39, 0.29) is 0 Å². The van der Waals surface area contributed by atoms with E-state index in [2.05, 4.69) is 31.2 Å². The summed E-state index contributed by atoms with van der Waals surface area (Å²) in [4.78, 5) is 16.8. The summed E-state index contributed by atoms with van der Waals surface area (Å²) in [7, 11) is 0. The van der Waals surface area contributed by atoms with Crippen LogP contribution >= 0.6 is 0 Å². The number of carbonyl (C=O) groups excluding carboxylic acids is 1. The van der Waals surface area contributed by atoms with Gasteiger partial charge in [-0.3, -0.25) is 9.79 Å². The smallest absolute Gasteiger partial charge is 0.139 e. The van der Waals surface area contributed by atoms with E-state index in [9.17, 15) is 4.79 Å². The number of rotatable bonds is 10. The van der Waals surface area contributed by atoms with Gasteiger partial charge in [0.05, 0.1) is 0 Å². The van der Waals surface area contributed by atoms with Crippen molar-refractivity contribution in [1.82, 2.24) is 0 Å². The van der Waals surface area contributed by atoms with Crippen LogP contribution in [0.4, 0.5) is 0 Å². The van der Waals surface area contributed by atoms with Gasteiger partial charge < -0.3 is 0 Å². The Bertz CT molecular complexity index is 506. The first kappa shape index (κ1) is 18.9. The summed E-state index contributed by atoms with van der Waals surface area (Å²) in [5, 5.41) is 0. The van der Waals surface area contributed by atoms with Crippen LogP contribution in [0.1, 0.15) is 89.0 Å². The van der Waals surface area contributed by atoms with Crippen molar-refractivity contribution < 1.29 is 4.79 Å². The van der Waals surface area contributed by atoms with E-state index in [4.69, 9.17) is 4.99 Å². The molecular weight excluding hydrogens is 294 g/mol. The standard InChI is InChI=1S/C22H33NO/c1-2-3-4-5-6-7-8-12-15-23-21-16-20(17-22(24)18-21)19-13-10-9-11-14-19/h9-11,13-14,20H,2-8,12,15-18H2,1H3/b23-21-. The largest absolute Gasteiger partial charge is 0.299 e. The normalized spacial score (nSPS) is 19.8. The van der Waals surface area contributed by atoms with E-state index >= 15 is 0 Å². The molecule has 1 aliphatic carbocycles. The Morgan fingerprint density at radius 3 is 2.29 bits per heavy atom. The molecule has 132 valence electrons. The molecule has 0 amide bonds. The molecule has 0 radical (unpaired) electrons. The number of hydrogen-bond acceptors (Lipinski definition) is 2. The average Bonchev–Trinajstić information content (AvgIpc) is 2.60. The second-order valence-corrected chi connectivity index (χ2v) is 7.15. The van der Waals surface area contributed by atoms with Crippen LogP contribution in [0.25, 0.3) is 0 Å². The first-order chi connectivity index (χ1) is 11.8. The summed E-state index contributed by atoms with van der Waals surface area (Å²) < 4.78 is 0. The molecule has 0 spiro atoms. The molecule has 0 heterocycles. The number of aliphatic imine (C=N–C) groups is 1. The maximum Gasteiger partial charge on any atom is 0.139 e. The van der Waals surface area contributed by atoms with Crippen LogP contribution in [0.5, 0.6) is 0 Å². The minimum Gasteiger partial charge on any atom is -0.299 e. The van der Waals surface area contributed by atoms with Gasteiger partial charge in [-0.25, -0.2) is 0 Å². The van der Waals surface area contributed by atoms with Gasteiger partial charge in [-0.2, -0.15) is 0 Å². The molecule has 1 aromatic carbocycles. The fourth-order valence-corrected chi connectivity index (χ4v) is 3.57. The van der Waals surface area contributed by atoms with E-state index < -0.39 is 0 Å². The monoisotopic (exact) mass is 327 g/mol. The molecule has 2 rings (SSSR count). The van der Waals surface area contributed by atoms with Crippen molar-refractivity contribution in [1.29, 1.82) is 0 Å². The van der Waals surface area contributed by atoms with Gasteiger partial charge in [-0.15, -0.1) is 0 Å². The molecule has 0 aromatic heterocycles. The van der Waals surface area contributed by atoms with Crippen molar-refractivity contribution in [3.63, 3.8) is 0 Å². The first-order valence-corrected chi connectivity index (χ1v) is 9.88. The summed E-state index contributed by atoms with van der Waals surface area (Å²) in [6.07, 6.45) is 12.8. The number of ketones is 1. The molecule has 0 bridgehead atoms. The topological polar surface area (TPSA) is 29.4 Å². The second kappa shape index (κ2) is 11.2. The van der Waals surface area contributed by atoms with Gasteiger partial charge in [-0.1, -0.05) is 82.2 Å². The van der Waals surface area contributed by atoms with Gasteiger partial charge >= 0.3 is 0 Å². The number of hydrogen-bond donors (Lipinski definition) is 0. The molecule has 24 heavy (non-hydrogen) atoms. The molecule has 2 heteroatoms. The molecule has 1 unspecified atom stereocenters. The van der Waals surface area contributed by atoms with Gasteiger partial charge in [0.25, 0.3) is 0 Å². The van der Waals surface area contributed by atoms with Crippen molar-refractivity contribution in [2.75, 3.05) is 6.54 Å². The maximum absolute atomic E-state index is 12.0. The predicted octanol–water partition coefficient (Wildman–Crippen LogP) is 6.10. The van der Waals surface area contributed by atoms with E-state index in [0.717, 1.165) is 18.7 Å². The molecule has 0 aliphatic heterocycles. The lowest BCUT2D eigenvalue weighted by Crippen LogP contribution is -2.22. The first-order valence-electron chi connectivity index (χ1n) is 9.88. The van der Waals surface area contributed by atoms with Crippen LogP contribution in [0, 0.1) is 0 Å². The van der Waals surface area contributed by atoms with Gasteiger partial charge in [0, 0.05) is 25.1 Å².